The van der Waals surface area contributed by atoms with E-state index in [1.807, 2.05) is 42.5 Å². The molecule has 1 amide bonds. The van der Waals surface area contributed by atoms with E-state index in [-0.39, 0.29) is 23.5 Å². The van der Waals surface area contributed by atoms with Crippen LogP contribution in [0.5, 0.6) is 0 Å². The second-order valence-corrected chi connectivity index (χ2v) is 10.5. The molecule has 1 saturated heterocycles. The number of thioether (sulfide) groups is 1. The van der Waals surface area contributed by atoms with E-state index in [9.17, 15) is 13.2 Å². The lowest BCUT2D eigenvalue weighted by Crippen LogP contribution is -2.20. The van der Waals surface area contributed by atoms with Crippen molar-refractivity contribution in [1.29, 1.82) is 0 Å². The number of carbonyl (C=O) groups excluding carboxylic acids is 1. The quantitative estimate of drug-likeness (QED) is 0.712. The van der Waals surface area contributed by atoms with E-state index >= 15 is 0 Å². The Kier molecular flexibility index (Phi) is 4.21. The van der Waals surface area contributed by atoms with Gasteiger partial charge in [0.25, 0.3) is 5.91 Å². The predicted molar refractivity (Wildman–Crippen MR) is 111 cm³/mol. The molecule has 1 N–H and O–H groups in total. The minimum atomic E-state index is -3.04. The number of nitrogens with zero attached hydrogens (tertiary/aromatic N) is 2. The molecule has 2 aliphatic rings. The number of anilines is 1. The molecule has 6 nitrogen and oxygen atoms in total. The molecular weight excluding hydrogens is 394 g/mol. The lowest BCUT2D eigenvalue weighted by Gasteiger charge is -2.15. The summed E-state index contributed by atoms with van der Waals surface area (Å²) in [6.45, 7) is 0. The summed E-state index contributed by atoms with van der Waals surface area (Å²) in [5, 5.41) is 9.77. The molecule has 0 bridgehead atoms. The molecule has 1 atom stereocenters. The van der Waals surface area contributed by atoms with Crippen LogP contribution in [0.3, 0.4) is 0 Å². The van der Waals surface area contributed by atoms with E-state index in [0.717, 1.165) is 33.5 Å². The molecule has 2 aliphatic heterocycles. The van der Waals surface area contributed by atoms with Crippen molar-refractivity contribution in [3.8, 4) is 0 Å². The molecule has 0 spiro atoms. The Balaban J connectivity index is 1.49. The molecule has 3 aromatic rings. The van der Waals surface area contributed by atoms with Crippen LogP contribution in [0.1, 0.15) is 34.1 Å². The monoisotopic (exact) mass is 413 g/mol. The molecule has 8 heteroatoms. The second-order valence-electron chi connectivity index (χ2n) is 7.28. The Morgan fingerprint density at radius 1 is 1.14 bits per heavy atom. The summed E-state index contributed by atoms with van der Waals surface area (Å²) in [7, 11) is -3.04. The van der Waals surface area contributed by atoms with Gasteiger partial charge in [0.05, 0.1) is 23.2 Å². The van der Waals surface area contributed by atoms with Gasteiger partial charge in [0.15, 0.2) is 9.84 Å². The van der Waals surface area contributed by atoms with E-state index in [4.69, 9.17) is 0 Å². The number of fused-ring (bicyclic) bond motifs is 2. The SMILES string of the molecule is O=C(Nc1c2c(nn1C1CCS(=O)(=O)C1)CSC2)c1ccc2ccccc2c1. The van der Waals surface area contributed by atoms with Gasteiger partial charge in [0, 0.05) is 22.6 Å². The van der Waals surface area contributed by atoms with Crippen molar-refractivity contribution in [2.45, 2.75) is 24.0 Å². The van der Waals surface area contributed by atoms with E-state index in [2.05, 4.69) is 10.4 Å². The molecule has 5 rings (SSSR count). The number of rotatable bonds is 3. The molecule has 144 valence electrons. The molecule has 1 fully saturated rings. The minimum absolute atomic E-state index is 0.0829. The van der Waals surface area contributed by atoms with E-state index < -0.39 is 9.84 Å². The first kappa shape index (κ1) is 17.8. The highest BCUT2D eigenvalue weighted by molar-refractivity contribution is 7.98. The van der Waals surface area contributed by atoms with Gasteiger partial charge in [-0.05, 0) is 29.3 Å². The normalized spacial score (nSPS) is 20.4. The predicted octanol–water partition coefficient (Wildman–Crippen LogP) is 3.40. The van der Waals surface area contributed by atoms with Gasteiger partial charge in [-0.2, -0.15) is 16.9 Å². The highest BCUT2D eigenvalue weighted by Crippen LogP contribution is 2.38. The fourth-order valence-electron chi connectivity index (χ4n) is 3.91. The van der Waals surface area contributed by atoms with Crippen molar-refractivity contribution < 1.29 is 13.2 Å². The molecule has 3 heterocycles. The van der Waals surface area contributed by atoms with Gasteiger partial charge in [-0.25, -0.2) is 13.1 Å². The number of carbonyl (C=O) groups is 1. The van der Waals surface area contributed by atoms with Crippen molar-refractivity contribution in [2.24, 2.45) is 0 Å². The largest absolute Gasteiger partial charge is 0.306 e. The topological polar surface area (TPSA) is 81.1 Å². The lowest BCUT2D eigenvalue weighted by atomic mass is 10.1. The van der Waals surface area contributed by atoms with Crippen LogP contribution >= 0.6 is 11.8 Å². The van der Waals surface area contributed by atoms with Crippen LogP contribution in [0.4, 0.5) is 5.82 Å². The summed E-state index contributed by atoms with van der Waals surface area (Å²) >= 11 is 1.75. The Morgan fingerprint density at radius 2 is 1.96 bits per heavy atom. The van der Waals surface area contributed by atoms with Gasteiger partial charge in [0.1, 0.15) is 5.82 Å². The Labute approximate surface area is 167 Å². The third-order valence-electron chi connectivity index (χ3n) is 5.37. The zero-order chi connectivity index (χ0) is 19.3. The Morgan fingerprint density at radius 3 is 2.75 bits per heavy atom. The number of amides is 1. The zero-order valence-electron chi connectivity index (χ0n) is 15.1. The van der Waals surface area contributed by atoms with Crippen LogP contribution in [0.2, 0.25) is 0 Å². The van der Waals surface area contributed by atoms with Crippen LogP contribution in [-0.4, -0.2) is 35.6 Å². The molecule has 0 saturated carbocycles. The Hall–Kier alpha value is -2.32. The van der Waals surface area contributed by atoms with Crippen LogP contribution in [0.25, 0.3) is 10.8 Å². The number of nitrogens with one attached hydrogen (secondary N) is 1. The highest BCUT2D eigenvalue weighted by Gasteiger charge is 2.34. The highest BCUT2D eigenvalue weighted by atomic mass is 32.2. The number of hydrogen-bond donors (Lipinski definition) is 1. The van der Waals surface area contributed by atoms with Gasteiger partial charge in [-0.1, -0.05) is 30.3 Å². The maximum absolute atomic E-state index is 13.0. The van der Waals surface area contributed by atoms with Crippen molar-refractivity contribution in [3.63, 3.8) is 0 Å². The van der Waals surface area contributed by atoms with Crippen molar-refractivity contribution >= 4 is 44.1 Å². The standard InChI is InChI=1S/C20H19N3O3S2/c24-20(15-6-5-13-3-1-2-4-14(13)9-15)21-19-17-10-27-11-18(17)22-23(19)16-7-8-28(25,26)12-16/h1-6,9,16H,7-8,10-12H2,(H,21,24). The molecule has 1 unspecified atom stereocenters. The zero-order valence-corrected chi connectivity index (χ0v) is 16.7. The summed E-state index contributed by atoms with van der Waals surface area (Å²) in [5.74, 6) is 2.28. The lowest BCUT2D eigenvalue weighted by molar-refractivity contribution is 0.102. The summed E-state index contributed by atoms with van der Waals surface area (Å²) in [4.78, 5) is 13.0. The average Bonchev–Trinajstić information content (AvgIpc) is 3.37. The smallest absolute Gasteiger partial charge is 0.256 e. The number of benzene rings is 2. The fraction of sp³-hybridized carbons (Fsp3) is 0.300. The van der Waals surface area contributed by atoms with Crippen molar-refractivity contribution in [1.82, 2.24) is 9.78 Å². The first-order valence-corrected chi connectivity index (χ1v) is 12.2. The van der Waals surface area contributed by atoms with Crippen molar-refractivity contribution in [3.05, 3.63) is 59.3 Å². The van der Waals surface area contributed by atoms with Crippen molar-refractivity contribution in [2.75, 3.05) is 16.8 Å². The van der Waals surface area contributed by atoms with E-state index in [1.165, 1.54) is 0 Å². The van der Waals surface area contributed by atoms with E-state index in [1.54, 1.807) is 16.4 Å². The molecule has 28 heavy (non-hydrogen) atoms. The average molecular weight is 414 g/mol. The third kappa shape index (κ3) is 3.10. The maximum Gasteiger partial charge on any atom is 0.256 e. The third-order valence-corrected chi connectivity index (χ3v) is 8.10. The molecule has 0 aliphatic carbocycles. The summed E-state index contributed by atoms with van der Waals surface area (Å²) < 4.78 is 25.6. The minimum Gasteiger partial charge on any atom is -0.306 e. The van der Waals surface area contributed by atoms with Crippen LogP contribution in [-0.2, 0) is 21.3 Å². The molecule has 0 radical (unpaired) electrons. The maximum atomic E-state index is 13.0. The molecule has 2 aromatic carbocycles. The second kappa shape index (κ2) is 6.63. The van der Waals surface area contributed by atoms with Gasteiger partial charge < -0.3 is 5.32 Å². The summed E-state index contributed by atoms with van der Waals surface area (Å²) in [6, 6.07) is 13.3. The molecular formula is C20H19N3O3S2. The van der Waals surface area contributed by atoms with Gasteiger partial charge in [-0.15, -0.1) is 0 Å². The molecule has 1 aromatic heterocycles. The first-order valence-electron chi connectivity index (χ1n) is 9.19. The number of hydrogen-bond acceptors (Lipinski definition) is 5. The van der Waals surface area contributed by atoms with Gasteiger partial charge >= 0.3 is 0 Å². The van der Waals surface area contributed by atoms with E-state index in [0.29, 0.717) is 17.8 Å². The van der Waals surface area contributed by atoms with Crippen LogP contribution in [0, 0.1) is 0 Å². The number of aromatic nitrogens is 2. The Bertz CT molecular complexity index is 1200. The first-order chi connectivity index (χ1) is 13.5. The fourth-order valence-corrected chi connectivity index (χ4v) is 6.64. The number of sulfone groups is 1. The van der Waals surface area contributed by atoms with Crippen LogP contribution < -0.4 is 5.32 Å². The van der Waals surface area contributed by atoms with Crippen LogP contribution in [0.15, 0.2) is 42.5 Å². The summed E-state index contributed by atoms with van der Waals surface area (Å²) in [6.07, 6.45) is 0.537. The van der Waals surface area contributed by atoms with Gasteiger partial charge in [0.2, 0.25) is 0 Å². The summed E-state index contributed by atoms with van der Waals surface area (Å²) in [5.41, 5.74) is 2.54. The van der Waals surface area contributed by atoms with Gasteiger partial charge in [-0.3, -0.25) is 4.79 Å².